The second kappa shape index (κ2) is 6.98. The Kier molecular flexibility index (Phi) is 4.78. The van der Waals surface area contributed by atoms with E-state index in [9.17, 15) is 4.79 Å². The third kappa shape index (κ3) is 3.39. The van der Waals surface area contributed by atoms with Gasteiger partial charge >= 0.3 is 0 Å². The average molecular weight is 328 g/mol. The summed E-state index contributed by atoms with van der Waals surface area (Å²) < 4.78 is 1.70. The number of nitrogens with one attached hydrogen (secondary N) is 1. The summed E-state index contributed by atoms with van der Waals surface area (Å²) >= 11 is 0. The van der Waals surface area contributed by atoms with Gasteiger partial charge in [-0.3, -0.25) is 4.79 Å². The minimum absolute atomic E-state index is 0.155. The van der Waals surface area contributed by atoms with Gasteiger partial charge in [-0.2, -0.15) is 4.68 Å². The van der Waals surface area contributed by atoms with Crippen molar-refractivity contribution in [2.45, 2.75) is 46.1 Å². The normalized spacial score (nSPS) is 17.8. The number of piperidine rings is 1. The quantitative estimate of drug-likeness (QED) is 0.930. The van der Waals surface area contributed by atoms with Gasteiger partial charge in [0, 0.05) is 18.3 Å². The van der Waals surface area contributed by atoms with E-state index >= 15 is 0 Å². The molecule has 1 unspecified atom stereocenters. The van der Waals surface area contributed by atoms with Crippen LogP contribution < -0.4 is 5.32 Å². The zero-order chi connectivity index (χ0) is 17.1. The lowest BCUT2D eigenvalue weighted by molar-refractivity contribution is -0.132. The lowest BCUT2D eigenvalue weighted by Crippen LogP contribution is -2.44. The Balaban J connectivity index is 1.70. The van der Waals surface area contributed by atoms with Gasteiger partial charge < -0.3 is 10.2 Å². The third-order valence-electron chi connectivity index (χ3n) is 4.63. The van der Waals surface area contributed by atoms with Crippen LogP contribution in [0.2, 0.25) is 0 Å². The largest absolute Gasteiger partial charge is 0.376 e. The molecule has 1 N–H and O–H groups in total. The molecule has 1 aromatic carbocycles. The number of nitrogens with zero attached hydrogens (tertiary/aromatic N) is 5. The molecule has 7 nitrogen and oxygen atoms in total. The third-order valence-corrected chi connectivity index (χ3v) is 4.63. The number of tetrazole rings is 1. The molecule has 1 fully saturated rings. The van der Waals surface area contributed by atoms with Crippen LogP contribution in [0.15, 0.2) is 18.2 Å². The van der Waals surface area contributed by atoms with E-state index in [1.165, 1.54) is 6.42 Å². The van der Waals surface area contributed by atoms with Gasteiger partial charge in [-0.15, -0.1) is 5.10 Å². The molecule has 0 saturated carbocycles. The van der Waals surface area contributed by atoms with Crippen molar-refractivity contribution in [1.29, 1.82) is 0 Å². The van der Waals surface area contributed by atoms with E-state index in [1.54, 1.807) is 4.68 Å². The number of aromatic nitrogens is 4. The molecule has 0 radical (unpaired) electrons. The van der Waals surface area contributed by atoms with Gasteiger partial charge in [-0.05, 0) is 68.2 Å². The van der Waals surface area contributed by atoms with Gasteiger partial charge in [0.25, 0.3) is 0 Å². The first-order valence-electron chi connectivity index (χ1n) is 8.45. The smallest absolute Gasteiger partial charge is 0.242 e. The summed E-state index contributed by atoms with van der Waals surface area (Å²) in [7, 11) is 0. The van der Waals surface area contributed by atoms with Gasteiger partial charge in [0.15, 0.2) is 5.82 Å². The van der Waals surface area contributed by atoms with Crippen LogP contribution in [0, 0.1) is 13.8 Å². The van der Waals surface area contributed by atoms with Gasteiger partial charge in [-0.1, -0.05) is 6.07 Å². The molecule has 1 atom stereocenters. The molecule has 2 heterocycles. The highest BCUT2D eigenvalue weighted by Gasteiger charge is 2.22. The van der Waals surface area contributed by atoms with E-state index < -0.39 is 0 Å². The molecule has 0 spiro atoms. The average Bonchev–Trinajstić information content (AvgIpc) is 3.00. The predicted octanol–water partition coefficient (Wildman–Crippen LogP) is 2.09. The number of hydrogen-bond acceptors (Lipinski definition) is 5. The van der Waals surface area contributed by atoms with Crippen LogP contribution in [0.3, 0.4) is 0 Å². The van der Waals surface area contributed by atoms with Crippen molar-refractivity contribution in [3.8, 4) is 5.69 Å². The van der Waals surface area contributed by atoms with E-state index in [4.69, 9.17) is 0 Å². The number of amides is 1. The summed E-state index contributed by atoms with van der Waals surface area (Å²) in [6.45, 7) is 7.18. The van der Waals surface area contributed by atoms with Crippen molar-refractivity contribution in [3.05, 3.63) is 29.6 Å². The highest BCUT2D eigenvalue weighted by Crippen LogP contribution is 2.20. The Morgan fingerprint density at radius 2 is 2.17 bits per heavy atom. The molecule has 0 aliphatic carbocycles. The molecular formula is C17H24N6O. The van der Waals surface area contributed by atoms with Gasteiger partial charge in [-0.25, -0.2) is 0 Å². The molecule has 3 rings (SSSR count). The van der Waals surface area contributed by atoms with Crippen molar-refractivity contribution >= 4 is 11.6 Å². The first-order chi connectivity index (χ1) is 11.6. The molecule has 1 aromatic heterocycles. The minimum Gasteiger partial charge on any atom is -0.376 e. The van der Waals surface area contributed by atoms with E-state index in [0.29, 0.717) is 12.6 Å². The lowest BCUT2D eigenvalue weighted by Gasteiger charge is -2.33. The van der Waals surface area contributed by atoms with Crippen LogP contribution >= 0.6 is 0 Å². The van der Waals surface area contributed by atoms with Crippen molar-refractivity contribution in [2.24, 2.45) is 0 Å². The zero-order valence-corrected chi connectivity index (χ0v) is 14.5. The summed E-state index contributed by atoms with van der Waals surface area (Å²) in [4.78, 5) is 14.4. The van der Waals surface area contributed by atoms with Gasteiger partial charge in [0.1, 0.15) is 0 Å². The van der Waals surface area contributed by atoms with Crippen LogP contribution in [-0.2, 0) is 4.79 Å². The number of benzene rings is 1. The molecule has 2 aromatic rings. The monoisotopic (exact) mass is 328 g/mol. The summed E-state index contributed by atoms with van der Waals surface area (Å²) in [5.41, 5.74) is 2.89. The first kappa shape index (κ1) is 16.4. The predicted molar refractivity (Wildman–Crippen MR) is 92.1 cm³/mol. The first-order valence-corrected chi connectivity index (χ1v) is 8.45. The minimum atomic E-state index is 0.155. The molecule has 7 heteroatoms. The highest BCUT2D eigenvalue weighted by atomic mass is 16.2. The maximum atomic E-state index is 12.4. The summed E-state index contributed by atoms with van der Waals surface area (Å²) in [6.07, 6.45) is 3.41. The Morgan fingerprint density at radius 1 is 1.33 bits per heavy atom. The molecule has 1 aliphatic heterocycles. The van der Waals surface area contributed by atoms with Gasteiger partial charge in [0.2, 0.25) is 5.91 Å². The highest BCUT2D eigenvalue weighted by molar-refractivity contribution is 5.81. The number of rotatable bonds is 4. The number of anilines is 1. The van der Waals surface area contributed by atoms with Crippen LogP contribution in [0.25, 0.3) is 5.69 Å². The molecular weight excluding hydrogens is 304 g/mol. The fourth-order valence-corrected chi connectivity index (χ4v) is 3.15. The topological polar surface area (TPSA) is 75.9 Å². The zero-order valence-electron chi connectivity index (χ0n) is 14.5. The van der Waals surface area contributed by atoms with E-state index in [-0.39, 0.29) is 5.91 Å². The molecule has 1 aliphatic rings. The molecule has 128 valence electrons. The maximum Gasteiger partial charge on any atom is 0.242 e. The van der Waals surface area contributed by atoms with Crippen LogP contribution in [0.1, 0.15) is 37.6 Å². The molecule has 1 amide bonds. The Labute approximate surface area is 142 Å². The van der Waals surface area contributed by atoms with E-state index in [0.717, 1.165) is 42.1 Å². The van der Waals surface area contributed by atoms with Crippen LogP contribution in [-0.4, -0.2) is 50.1 Å². The number of hydrogen-bond donors (Lipinski definition) is 1. The van der Waals surface area contributed by atoms with Crippen molar-refractivity contribution < 1.29 is 4.79 Å². The molecule has 24 heavy (non-hydrogen) atoms. The number of aryl methyl sites for hydroxylation is 2. The van der Waals surface area contributed by atoms with Crippen LogP contribution in [0.4, 0.5) is 5.69 Å². The molecule has 1 saturated heterocycles. The van der Waals surface area contributed by atoms with Crippen molar-refractivity contribution in [3.63, 3.8) is 0 Å². The molecule has 0 bridgehead atoms. The van der Waals surface area contributed by atoms with Gasteiger partial charge in [0.05, 0.1) is 12.2 Å². The second-order valence-electron chi connectivity index (χ2n) is 6.42. The number of likely N-dealkylation sites (tertiary alicyclic amines) is 1. The van der Waals surface area contributed by atoms with Crippen LogP contribution in [0.5, 0.6) is 0 Å². The lowest BCUT2D eigenvalue weighted by atomic mass is 10.0. The van der Waals surface area contributed by atoms with E-state index in [1.807, 2.05) is 36.9 Å². The fourth-order valence-electron chi connectivity index (χ4n) is 3.15. The van der Waals surface area contributed by atoms with E-state index in [2.05, 4.69) is 27.8 Å². The number of carbonyl (C=O) groups excluding carboxylic acids is 1. The maximum absolute atomic E-state index is 12.4. The SMILES string of the molecule is Cc1ccc(NCC(=O)N2CCCCC2C)cc1-n1nnnc1C. The summed E-state index contributed by atoms with van der Waals surface area (Å²) in [6, 6.07) is 6.30. The van der Waals surface area contributed by atoms with Crippen molar-refractivity contribution in [1.82, 2.24) is 25.1 Å². The summed E-state index contributed by atoms with van der Waals surface area (Å²) in [5, 5.41) is 14.9. The standard InChI is InChI=1S/C17H24N6O/c1-12-7-8-15(10-16(12)23-14(3)19-20-21-23)18-11-17(24)22-9-5-4-6-13(22)2/h7-8,10,13,18H,4-6,9,11H2,1-3H3. The van der Waals surface area contributed by atoms with Crippen molar-refractivity contribution in [2.75, 3.05) is 18.4 Å². The second-order valence-corrected chi connectivity index (χ2v) is 6.42. The Bertz CT molecular complexity index is 726. The fraction of sp³-hybridized carbons (Fsp3) is 0.529. The Morgan fingerprint density at radius 3 is 2.88 bits per heavy atom. The number of carbonyl (C=O) groups is 1. The Hall–Kier alpha value is -2.44. The summed E-state index contributed by atoms with van der Waals surface area (Å²) in [5.74, 6) is 0.886.